The molecule has 2 aromatic rings. The van der Waals surface area contributed by atoms with Crippen LogP contribution < -0.4 is 5.32 Å². The fourth-order valence-corrected chi connectivity index (χ4v) is 2.16. The van der Waals surface area contributed by atoms with Crippen molar-refractivity contribution < 1.29 is 0 Å². The van der Waals surface area contributed by atoms with Gasteiger partial charge in [-0.15, -0.1) is 0 Å². The van der Waals surface area contributed by atoms with Crippen LogP contribution in [0.1, 0.15) is 5.56 Å². The summed E-state index contributed by atoms with van der Waals surface area (Å²) in [6.07, 6.45) is 4.45. The zero-order valence-electron chi connectivity index (χ0n) is 9.46. The fraction of sp³-hybridized carbons (Fsp3) is 0.154. The molecule has 0 unspecified atom stereocenters. The van der Waals surface area contributed by atoms with Crippen LogP contribution in [0.3, 0.4) is 0 Å². The maximum atomic E-state index is 6.07. The summed E-state index contributed by atoms with van der Waals surface area (Å²) in [6.45, 7) is 0.766. The summed E-state index contributed by atoms with van der Waals surface area (Å²) in [5.74, 6) is 0. The predicted molar refractivity (Wildman–Crippen MR) is 77.9 cm³/mol. The van der Waals surface area contributed by atoms with Crippen molar-refractivity contribution in [2.24, 2.45) is 0 Å². The molecule has 0 saturated carbocycles. The first-order chi connectivity index (χ1) is 8.66. The second kappa shape index (κ2) is 6.28. The lowest BCUT2D eigenvalue weighted by Crippen LogP contribution is -2.05. The van der Waals surface area contributed by atoms with Crippen LogP contribution in [-0.2, 0) is 6.42 Å². The van der Waals surface area contributed by atoms with Gasteiger partial charge in [-0.25, -0.2) is 0 Å². The Kier molecular flexibility index (Phi) is 4.70. The molecule has 0 aliphatic rings. The van der Waals surface area contributed by atoms with Crippen molar-refractivity contribution in [2.45, 2.75) is 6.42 Å². The number of halogens is 3. The highest BCUT2D eigenvalue weighted by Gasteiger charge is 2.05. The summed E-state index contributed by atoms with van der Waals surface area (Å²) in [5.41, 5.74) is 2.01. The molecule has 2 rings (SSSR count). The van der Waals surface area contributed by atoms with Crippen molar-refractivity contribution in [2.75, 3.05) is 11.9 Å². The van der Waals surface area contributed by atoms with E-state index < -0.39 is 0 Å². The molecule has 0 radical (unpaired) electrons. The Morgan fingerprint density at radius 1 is 0.944 bits per heavy atom. The second-order valence-corrected chi connectivity index (χ2v) is 5.00. The summed E-state index contributed by atoms with van der Waals surface area (Å²) < 4.78 is 0. The van der Waals surface area contributed by atoms with E-state index in [1.54, 1.807) is 24.5 Å². The third kappa shape index (κ3) is 3.52. The molecule has 0 amide bonds. The van der Waals surface area contributed by atoms with Crippen molar-refractivity contribution in [1.82, 2.24) is 4.98 Å². The van der Waals surface area contributed by atoms with Crippen LogP contribution in [0.15, 0.2) is 36.7 Å². The molecule has 0 saturated heterocycles. The predicted octanol–water partition coefficient (Wildman–Crippen LogP) is 4.70. The lowest BCUT2D eigenvalue weighted by Gasteiger charge is -2.09. The van der Waals surface area contributed by atoms with E-state index in [1.807, 2.05) is 12.1 Å². The number of hydrogen-bond acceptors (Lipinski definition) is 2. The number of aromatic nitrogens is 1. The molecule has 0 bridgehead atoms. The molecule has 94 valence electrons. The van der Waals surface area contributed by atoms with Gasteiger partial charge in [0.05, 0.1) is 20.8 Å². The summed E-state index contributed by atoms with van der Waals surface area (Å²) in [5, 5.41) is 4.76. The van der Waals surface area contributed by atoms with Crippen molar-refractivity contribution in [1.29, 1.82) is 0 Å². The first kappa shape index (κ1) is 13.5. The largest absolute Gasteiger partial charge is 0.383 e. The molecular weight excluding hydrogens is 291 g/mol. The number of hydrogen-bond donors (Lipinski definition) is 1. The highest BCUT2D eigenvalue weighted by molar-refractivity contribution is 6.44. The zero-order valence-corrected chi connectivity index (χ0v) is 11.7. The van der Waals surface area contributed by atoms with Gasteiger partial charge in [0.15, 0.2) is 0 Å². The standard InChI is InChI=1S/C13H11Cl3N2/c14-10-7-12(16)13(8-11(10)15)18-6-3-9-1-4-17-5-2-9/h1-2,4-5,7-8,18H,3,6H2. The topological polar surface area (TPSA) is 24.9 Å². The van der Waals surface area contributed by atoms with Gasteiger partial charge in [-0.2, -0.15) is 0 Å². The highest BCUT2D eigenvalue weighted by atomic mass is 35.5. The average molecular weight is 302 g/mol. The Morgan fingerprint density at radius 3 is 2.33 bits per heavy atom. The minimum absolute atomic E-state index is 0.460. The molecule has 0 aliphatic heterocycles. The van der Waals surface area contributed by atoms with E-state index in [0.717, 1.165) is 18.7 Å². The van der Waals surface area contributed by atoms with Gasteiger partial charge >= 0.3 is 0 Å². The third-order valence-electron chi connectivity index (χ3n) is 2.49. The molecule has 1 heterocycles. The number of nitrogens with zero attached hydrogens (tertiary/aromatic N) is 1. The summed E-state index contributed by atoms with van der Waals surface area (Å²) in [6, 6.07) is 7.34. The number of pyridine rings is 1. The van der Waals surface area contributed by atoms with Gasteiger partial charge in [-0.3, -0.25) is 4.98 Å². The van der Waals surface area contributed by atoms with E-state index in [4.69, 9.17) is 34.8 Å². The Bertz CT molecular complexity index is 529. The van der Waals surface area contributed by atoms with Crippen LogP contribution in [-0.4, -0.2) is 11.5 Å². The molecular formula is C13H11Cl3N2. The van der Waals surface area contributed by atoms with E-state index in [0.29, 0.717) is 15.1 Å². The molecule has 0 fully saturated rings. The second-order valence-electron chi connectivity index (χ2n) is 3.78. The Balaban J connectivity index is 1.97. The first-order valence-corrected chi connectivity index (χ1v) is 6.57. The number of benzene rings is 1. The molecule has 5 heteroatoms. The van der Waals surface area contributed by atoms with Crippen molar-refractivity contribution in [3.8, 4) is 0 Å². The van der Waals surface area contributed by atoms with Crippen LogP contribution in [0.5, 0.6) is 0 Å². The third-order valence-corrected chi connectivity index (χ3v) is 3.52. The lowest BCUT2D eigenvalue weighted by atomic mass is 10.2. The van der Waals surface area contributed by atoms with Gasteiger partial charge in [0.2, 0.25) is 0 Å². The van der Waals surface area contributed by atoms with Crippen molar-refractivity contribution in [3.05, 3.63) is 57.3 Å². The minimum Gasteiger partial charge on any atom is -0.383 e. The molecule has 0 atom stereocenters. The molecule has 1 aromatic carbocycles. The quantitative estimate of drug-likeness (QED) is 0.828. The summed E-state index contributed by atoms with van der Waals surface area (Å²) in [4.78, 5) is 3.97. The molecule has 1 aromatic heterocycles. The first-order valence-electron chi connectivity index (χ1n) is 5.44. The Morgan fingerprint density at radius 2 is 1.61 bits per heavy atom. The average Bonchev–Trinajstić information content (AvgIpc) is 2.37. The maximum absolute atomic E-state index is 6.07. The number of nitrogens with one attached hydrogen (secondary N) is 1. The zero-order chi connectivity index (χ0) is 13.0. The van der Waals surface area contributed by atoms with Gasteiger partial charge in [-0.05, 0) is 36.2 Å². The van der Waals surface area contributed by atoms with E-state index in [9.17, 15) is 0 Å². The summed E-state index contributed by atoms with van der Waals surface area (Å²) >= 11 is 17.9. The van der Waals surface area contributed by atoms with Crippen molar-refractivity contribution >= 4 is 40.5 Å². The lowest BCUT2D eigenvalue weighted by molar-refractivity contribution is 1.01. The van der Waals surface area contributed by atoms with E-state index >= 15 is 0 Å². The molecule has 1 N–H and O–H groups in total. The maximum Gasteiger partial charge on any atom is 0.0653 e. The monoisotopic (exact) mass is 300 g/mol. The van der Waals surface area contributed by atoms with Crippen molar-refractivity contribution in [3.63, 3.8) is 0 Å². The SMILES string of the molecule is Clc1cc(Cl)c(NCCc2ccncc2)cc1Cl. The minimum atomic E-state index is 0.460. The number of rotatable bonds is 4. The highest BCUT2D eigenvalue weighted by Crippen LogP contribution is 2.32. The van der Waals surface area contributed by atoms with Crippen LogP contribution in [0, 0.1) is 0 Å². The van der Waals surface area contributed by atoms with Crippen LogP contribution in [0.2, 0.25) is 15.1 Å². The van der Waals surface area contributed by atoms with Gasteiger partial charge in [-0.1, -0.05) is 34.8 Å². The van der Waals surface area contributed by atoms with Gasteiger partial charge < -0.3 is 5.32 Å². The van der Waals surface area contributed by atoms with Gasteiger partial charge in [0, 0.05) is 18.9 Å². The van der Waals surface area contributed by atoms with Gasteiger partial charge in [0.25, 0.3) is 0 Å². The smallest absolute Gasteiger partial charge is 0.0653 e. The number of anilines is 1. The van der Waals surface area contributed by atoms with E-state index in [-0.39, 0.29) is 0 Å². The molecule has 18 heavy (non-hydrogen) atoms. The Hall–Kier alpha value is -0.960. The van der Waals surface area contributed by atoms with Crippen LogP contribution in [0.4, 0.5) is 5.69 Å². The molecule has 0 aliphatic carbocycles. The molecule has 2 nitrogen and oxygen atoms in total. The van der Waals surface area contributed by atoms with Crippen LogP contribution in [0.25, 0.3) is 0 Å². The fourth-order valence-electron chi connectivity index (χ4n) is 1.55. The van der Waals surface area contributed by atoms with Crippen LogP contribution >= 0.6 is 34.8 Å². The molecule has 0 spiro atoms. The van der Waals surface area contributed by atoms with E-state index in [2.05, 4.69) is 10.3 Å². The normalized spacial score (nSPS) is 10.4. The van der Waals surface area contributed by atoms with Gasteiger partial charge in [0.1, 0.15) is 0 Å². The van der Waals surface area contributed by atoms with E-state index in [1.165, 1.54) is 5.56 Å². The summed E-state index contributed by atoms with van der Waals surface area (Å²) in [7, 11) is 0. The Labute approximate surface area is 121 Å².